The van der Waals surface area contributed by atoms with Crippen molar-refractivity contribution in [3.63, 3.8) is 0 Å². The van der Waals surface area contributed by atoms with Crippen molar-refractivity contribution in [2.45, 2.75) is 18.3 Å². The number of hydrogen-bond donors (Lipinski definition) is 2. The van der Waals surface area contributed by atoms with Crippen LogP contribution in [0.4, 0.5) is 33.2 Å². The molecule has 2 N–H and O–H groups in total. The number of carbonyl (C=O) groups excluding carboxylic acids is 1. The summed E-state index contributed by atoms with van der Waals surface area (Å²) in [5.41, 5.74) is 3.39. The molecule has 1 aliphatic heterocycles. The highest BCUT2D eigenvalue weighted by Gasteiger charge is 2.52. The lowest BCUT2D eigenvalue weighted by Gasteiger charge is -2.16. The van der Waals surface area contributed by atoms with E-state index in [4.69, 9.17) is 9.47 Å². The van der Waals surface area contributed by atoms with E-state index in [0.29, 0.717) is 31.2 Å². The van der Waals surface area contributed by atoms with E-state index in [1.807, 2.05) is 42.5 Å². The number of anilines is 5. The average molecular weight is 476 g/mol. The zero-order valence-corrected chi connectivity index (χ0v) is 19.4. The Morgan fingerprint density at radius 1 is 1.17 bits per heavy atom. The summed E-state index contributed by atoms with van der Waals surface area (Å²) in [7, 11) is 1.62. The van der Waals surface area contributed by atoms with Crippen LogP contribution in [-0.4, -0.2) is 42.7 Å². The summed E-state index contributed by atoms with van der Waals surface area (Å²) in [5, 5.41) is 6.10. The predicted octanol–water partition coefficient (Wildman–Crippen LogP) is 4.69. The molecule has 2 heterocycles. The number of nitrogens with zero attached hydrogens (tertiary/aromatic N) is 3. The van der Waals surface area contributed by atoms with Gasteiger partial charge in [0.15, 0.2) is 11.6 Å². The van der Waals surface area contributed by atoms with Crippen LogP contribution in [0.5, 0.6) is 5.75 Å². The maximum atomic E-state index is 14.5. The SMILES string of the molecule is C=CC(=O)N1CC2(CC2)c2ccc(Nc3nc(Nc4ccc(OCCOC)cc4)ncc3F)cc21. The highest BCUT2D eigenvalue weighted by molar-refractivity contribution is 6.03. The number of methoxy groups -OCH3 is 1. The number of aromatic nitrogens is 2. The van der Waals surface area contributed by atoms with Gasteiger partial charge in [-0.25, -0.2) is 9.37 Å². The van der Waals surface area contributed by atoms with Crippen molar-refractivity contribution in [1.29, 1.82) is 0 Å². The summed E-state index contributed by atoms with van der Waals surface area (Å²) in [6, 6.07) is 13.0. The molecule has 1 amide bonds. The van der Waals surface area contributed by atoms with Crippen LogP contribution in [0.2, 0.25) is 0 Å². The first kappa shape index (κ1) is 22.8. The third-order valence-corrected chi connectivity index (χ3v) is 6.29. The summed E-state index contributed by atoms with van der Waals surface area (Å²) in [4.78, 5) is 22.5. The Morgan fingerprint density at radius 2 is 1.94 bits per heavy atom. The second-order valence-electron chi connectivity index (χ2n) is 8.65. The van der Waals surface area contributed by atoms with E-state index in [0.717, 1.165) is 36.0 Å². The molecule has 1 aliphatic carbocycles. The molecule has 0 atom stereocenters. The van der Waals surface area contributed by atoms with Crippen LogP contribution >= 0.6 is 0 Å². The van der Waals surface area contributed by atoms with Crippen molar-refractivity contribution < 1.29 is 18.7 Å². The second-order valence-corrected chi connectivity index (χ2v) is 8.65. The standard InChI is InChI=1S/C26H26FN5O3/c1-3-23(33)32-16-26(10-11-26)20-9-6-18(14-22(20)32)29-24-21(27)15-28-25(31-24)30-17-4-7-19(8-5-17)35-13-12-34-2/h3-9,14-15H,1,10-13,16H2,2H3,(H2,28,29,30,31). The van der Waals surface area contributed by atoms with E-state index >= 15 is 0 Å². The molecule has 5 rings (SSSR count). The molecule has 0 unspecified atom stereocenters. The van der Waals surface area contributed by atoms with Crippen molar-refractivity contribution in [2.75, 3.05) is 42.4 Å². The number of benzene rings is 2. The first-order valence-corrected chi connectivity index (χ1v) is 11.4. The minimum atomic E-state index is -0.587. The van der Waals surface area contributed by atoms with Gasteiger partial charge in [0, 0.05) is 36.1 Å². The molecule has 2 aromatic carbocycles. The maximum Gasteiger partial charge on any atom is 0.250 e. The minimum absolute atomic E-state index is 0.0303. The number of nitrogens with one attached hydrogen (secondary N) is 2. The molecule has 1 fully saturated rings. The van der Waals surface area contributed by atoms with Crippen LogP contribution in [0.15, 0.2) is 61.3 Å². The maximum absolute atomic E-state index is 14.5. The highest BCUT2D eigenvalue weighted by atomic mass is 19.1. The van der Waals surface area contributed by atoms with E-state index in [2.05, 4.69) is 27.2 Å². The van der Waals surface area contributed by atoms with Crippen LogP contribution < -0.4 is 20.3 Å². The van der Waals surface area contributed by atoms with Gasteiger partial charge < -0.3 is 25.0 Å². The topological polar surface area (TPSA) is 88.6 Å². The van der Waals surface area contributed by atoms with Crippen molar-refractivity contribution >= 4 is 34.7 Å². The van der Waals surface area contributed by atoms with E-state index in [1.54, 1.807) is 12.0 Å². The first-order valence-electron chi connectivity index (χ1n) is 11.4. The fourth-order valence-electron chi connectivity index (χ4n) is 4.30. The van der Waals surface area contributed by atoms with Gasteiger partial charge in [-0.15, -0.1) is 0 Å². The summed E-state index contributed by atoms with van der Waals surface area (Å²) in [6.45, 7) is 5.24. The number of amides is 1. The molecule has 35 heavy (non-hydrogen) atoms. The Balaban J connectivity index is 1.32. The Hall–Kier alpha value is -3.98. The molecule has 3 aromatic rings. The van der Waals surface area contributed by atoms with Crippen LogP contribution in [0.3, 0.4) is 0 Å². The molecule has 1 aromatic heterocycles. The summed E-state index contributed by atoms with van der Waals surface area (Å²) < 4.78 is 25.1. The Labute approximate surface area is 202 Å². The molecule has 1 saturated carbocycles. The van der Waals surface area contributed by atoms with Gasteiger partial charge >= 0.3 is 0 Å². The summed E-state index contributed by atoms with van der Waals surface area (Å²) in [5.74, 6) is 0.257. The number of ether oxygens (including phenoxy) is 2. The third kappa shape index (κ3) is 4.67. The van der Waals surface area contributed by atoms with Crippen LogP contribution in [0.1, 0.15) is 18.4 Å². The average Bonchev–Trinajstić information content (AvgIpc) is 3.58. The quantitative estimate of drug-likeness (QED) is 0.343. The van der Waals surface area contributed by atoms with Crippen LogP contribution in [-0.2, 0) is 14.9 Å². The number of hydrogen-bond acceptors (Lipinski definition) is 7. The highest BCUT2D eigenvalue weighted by Crippen LogP contribution is 2.57. The van der Waals surface area contributed by atoms with Crippen molar-refractivity contribution in [2.24, 2.45) is 0 Å². The Morgan fingerprint density at radius 3 is 2.66 bits per heavy atom. The molecule has 0 saturated heterocycles. The minimum Gasteiger partial charge on any atom is -0.491 e. The van der Waals surface area contributed by atoms with Crippen LogP contribution in [0.25, 0.3) is 0 Å². The summed E-state index contributed by atoms with van der Waals surface area (Å²) >= 11 is 0. The lowest BCUT2D eigenvalue weighted by atomic mass is 9.98. The van der Waals surface area contributed by atoms with Gasteiger partial charge in [0.05, 0.1) is 12.8 Å². The number of carbonyl (C=O) groups is 1. The molecule has 9 heteroatoms. The molecule has 2 aliphatic rings. The van der Waals surface area contributed by atoms with E-state index in [9.17, 15) is 9.18 Å². The van der Waals surface area contributed by atoms with Gasteiger partial charge in [0.1, 0.15) is 12.4 Å². The fourth-order valence-corrected chi connectivity index (χ4v) is 4.30. The van der Waals surface area contributed by atoms with Crippen LogP contribution in [0, 0.1) is 5.82 Å². The van der Waals surface area contributed by atoms with Gasteiger partial charge in [0.2, 0.25) is 11.9 Å². The molecule has 180 valence electrons. The predicted molar refractivity (Wildman–Crippen MR) is 132 cm³/mol. The third-order valence-electron chi connectivity index (χ3n) is 6.29. The van der Waals surface area contributed by atoms with E-state index < -0.39 is 5.82 Å². The normalized spacial score (nSPS) is 15.0. The van der Waals surface area contributed by atoms with Gasteiger partial charge in [-0.05, 0) is 60.9 Å². The number of fused-ring (bicyclic) bond motifs is 2. The zero-order chi connectivity index (χ0) is 24.4. The van der Waals surface area contributed by atoms with Crippen molar-refractivity contribution in [3.05, 3.63) is 72.7 Å². The first-order chi connectivity index (χ1) is 17.0. The molecule has 0 bridgehead atoms. The monoisotopic (exact) mass is 475 g/mol. The molecular weight excluding hydrogens is 449 g/mol. The van der Waals surface area contributed by atoms with Gasteiger partial charge in [0.25, 0.3) is 0 Å². The number of halogens is 1. The largest absolute Gasteiger partial charge is 0.491 e. The number of rotatable bonds is 9. The molecule has 0 radical (unpaired) electrons. The van der Waals surface area contributed by atoms with E-state index in [1.165, 1.54) is 6.08 Å². The molecule has 8 nitrogen and oxygen atoms in total. The molecular formula is C26H26FN5O3. The summed E-state index contributed by atoms with van der Waals surface area (Å²) in [6.07, 6.45) is 4.55. The van der Waals surface area contributed by atoms with Gasteiger partial charge in [-0.2, -0.15) is 4.98 Å². The Bertz CT molecular complexity index is 1260. The smallest absolute Gasteiger partial charge is 0.250 e. The van der Waals surface area contributed by atoms with E-state index in [-0.39, 0.29) is 23.1 Å². The second kappa shape index (κ2) is 9.34. The van der Waals surface area contributed by atoms with Gasteiger partial charge in [-0.3, -0.25) is 4.79 Å². The lowest BCUT2D eigenvalue weighted by Crippen LogP contribution is -2.29. The van der Waals surface area contributed by atoms with Crippen molar-refractivity contribution in [3.8, 4) is 5.75 Å². The zero-order valence-electron chi connectivity index (χ0n) is 19.4. The molecule has 1 spiro atoms. The van der Waals surface area contributed by atoms with Gasteiger partial charge in [-0.1, -0.05) is 12.6 Å². The lowest BCUT2D eigenvalue weighted by molar-refractivity contribution is -0.114. The fraction of sp³-hybridized carbons (Fsp3) is 0.269. The Kier molecular flexibility index (Phi) is 6.08. The van der Waals surface area contributed by atoms with Crippen molar-refractivity contribution in [1.82, 2.24) is 9.97 Å².